The van der Waals surface area contributed by atoms with E-state index in [1.54, 1.807) is 0 Å². The van der Waals surface area contributed by atoms with E-state index in [-0.39, 0.29) is 310 Å². The molecule has 0 unspecified atom stereocenters. The van der Waals surface area contributed by atoms with Crippen LogP contribution in [-0.4, -0.2) is 506 Å². The van der Waals surface area contributed by atoms with Crippen LogP contribution in [0.3, 0.4) is 0 Å². The minimum absolute atomic E-state index is 0. The maximum atomic E-state index is 5.33. The molecule has 0 aliphatic carbocycles. The van der Waals surface area contributed by atoms with Crippen LogP contribution in [0.5, 0.6) is 0 Å². The zero-order chi connectivity index (χ0) is 18.0. The number of hydrogen-bond donors (Lipinski definition) is 0. The molecule has 0 bridgehead atoms. The Hall–Kier alpha value is 36.3. The van der Waals surface area contributed by atoms with Gasteiger partial charge in [0.25, 0.3) is 0 Å². The van der Waals surface area contributed by atoms with E-state index in [4.69, 9.17) is 1.12 Å². The third kappa shape index (κ3) is 140. The Labute approximate surface area is 777 Å². The molecule has 0 aromatic carbocycles. The van der Waals surface area contributed by atoms with Gasteiger partial charge in [0.1, 0.15) is 0 Å². The second-order valence-electron chi connectivity index (χ2n) is 0. The molecule has 0 radical (unpaired) electrons. The number of rotatable bonds is 0. The van der Waals surface area contributed by atoms with Crippen molar-refractivity contribution in [3.63, 3.8) is 0 Å². The fourth-order valence-corrected chi connectivity index (χ4v) is 0. The van der Waals surface area contributed by atoms with Crippen LogP contribution >= 0.6 is 0 Å². The van der Waals surface area contributed by atoms with Crippen LogP contribution in [0.25, 0.3) is 0 Å². The van der Waals surface area contributed by atoms with E-state index in [1.807, 2.05) is 0 Å². The Kier molecular flexibility index (Phi) is 620. The summed E-state index contributed by atoms with van der Waals surface area (Å²) < 4.78 is 5.33. The van der Waals surface area contributed by atoms with E-state index in [9.17, 15) is 0 Å². The van der Waals surface area contributed by atoms with Crippen LogP contribution in [0.2, 0.25) is 0 Å². The summed E-state index contributed by atoms with van der Waals surface area (Å²) in [7, 11) is 0. The van der Waals surface area contributed by atoms with Crippen molar-refractivity contribution in [1.29, 1.82) is 1.12 Å². The van der Waals surface area contributed by atoms with E-state index in [0.29, 0.717) is 0 Å². The predicted molar refractivity (Wildman–Crippen MR) is 102 cm³/mol. The van der Waals surface area contributed by atoms with Crippen LogP contribution in [0, 0.1) is 0 Å². The summed E-state index contributed by atoms with van der Waals surface area (Å²) in [5.74, 6) is 0. The van der Waals surface area contributed by atoms with Gasteiger partial charge in [-0.3, -0.25) is 0 Å². The van der Waals surface area contributed by atoms with Gasteiger partial charge in [0.2, 0.25) is 0 Å². The first-order chi connectivity index (χ1) is 9.00. The van der Waals surface area contributed by atoms with E-state index in [2.05, 4.69) is 13.4 Å². The van der Waals surface area contributed by atoms with Crippen molar-refractivity contribution in [2.75, 3.05) is 0 Å². The molecule has 23 heavy (non-hydrogen) atoms. The zero-order valence-electron chi connectivity index (χ0n) is 24.4. The van der Waals surface area contributed by atoms with Crippen molar-refractivity contribution in [3.8, 4) is 0 Å². The molecule has 0 aliphatic rings. The second kappa shape index (κ2) is 145. The van der Waals surface area contributed by atoms with Crippen LogP contribution in [0.15, 0.2) is 0 Å². The predicted octanol–water partition coefficient (Wildman–Crippen LogP) is -24.2. The molecule has 0 atom stereocenters. The van der Waals surface area contributed by atoms with Crippen LogP contribution in [-0.2, 0) is 13.4 Å². The van der Waals surface area contributed by atoms with Gasteiger partial charge >= 0.3 is 814 Å². The molecule has 0 fully saturated rings. The molecule has 23 heteroatoms. The van der Waals surface area contributed by atoms with Gasteiger partial charge in [-0.1, -0.05) is 0 Å². The van der Waals surface area contributed by atoms with Crippen molar-refractivity contribution < 1.29 is 310 Å². The summed E-state index contributed by atoms with van der Waals surface area (Å²) >= 11 is 23.3. The standard InChI is InChI=1S/22K.H2S.H/h;;;;;;;;;;;;;;;;;;;;;;1H2;/q;;;;;;;;;;;;;;;;6*+1;;-1/p-1/i;;;;;;;;;;;;;;;;;;;;;;;1+1/hT. The topological polar surface area (TPSA) is 0 Å². The number of hydrogen-bond acceptors (Lipinski definition) is 1. The molecule has 0 rings (SSSR count). The third-order valence-corrected chi connectivity index (χ3v) is 0. The van der Waals surface area contributed by atoms with E-state index >= 15 is 0 Å². The van der Waals surface area contributed by atoms with Crippen molar-refractivity contribution in [2.24, 2.45) is 0 Å². The van der Waals surface area contributed by atoms with Gasteiger partial charge in [-0.25, -0.2) is 0 Å². The van der Waals surface area contributed by atoms with Gasteiger partial charge in [0.15, 0.2) is 0 Å². The van der Waals surface area contributed by atoms with Gasteiger partial charge < -0.3 is 14.8 Å². The molecule has 0 nitrogen and oxygen atoms in total. The average Bonchev–Trinajstić information content (AvgIpc) is 2.63. The van der Waals surface area contributed by atoms with Crippen molar-refractivity contribution in [3.05, 3.63) is 0 Å². The average molecular weight is 897 g/mol. The Morgan fingerprint density at radius 2 is 0.304 bits per heavy atom. The summed E-state index contributed by atoms with van der Waals surface area (Å²) in [6, 6.07) is 0. The van der Waals surface area contributed by atoms with E-state index in [0.717, 1.165) is 0 Å². The molecular weight excluding hydrogens is 892 g/mol. The molecule has 0 amide bonds. The maximum absolute atomic E-state index is 5.33. The normalized spacial score (nSPS) is 3.09. The Balaban J connectivity index is -0.00000000252. The summed E-state index contributed by atoms with van der Waals surface area (Å²) in [6.45, 7) is 0. The molecule has 0 heterocycles. The molecule has 0 aromatic heterocycles. The van der Waals surface area contributed by atoms with E-state index in [1.165, 1.54) is 505 Å². The summed E-state index contributed by atoms with van der Waals surface area (Å²) in [5.41, 5.74) is 0. The molecule has 0 N–H and O–H groups in total. The fourth-order valence-electron chi connectivity index (χ4n) is 0. The summed E-state index contributed by atoms with van der Waals surface area (Å²) in [4.78, 5) is 0. The SMILES string of the molecule is [2H-].[3H][S-].[K+].[K+].[K+].[K+].[K+].[K+].[K][K].[K][K].[K][K].[K][K].[K][K].[K][K].[K][K].[K][K]. The van der Waals surface area contributed by atoms with Crippen LogP contribution in [0.1, 0.15) is 1.43 Å². The fraction of sp³-hybridized carbons (Fsp3) is 0. The quantitative estimate of drug-likeness (QED) is 0.133. The second-order valence-corrected chi connectivity index (χ2v) is 0. The molecule has 0 saturated carbocycles. The van der Waals surface area contributed by atoms with Gasteiger partial charge in [-0.05, 0) is 0 Å². The first-order valence-electron chi connectivity index (χ1n) is 8.41. The third-order valence-electron chi connectivity index (χ3n) is 0. The van der Waals surface area contributed by atoms with Crippen molar-refractivity contribution >= 4 is 519 Å². The zero-order valence-corrected chi connectivity index (χ0v) is 91.9. The van der Waals surface area contributed by atoms with Gasteiger partial charge in [0, 0.05) is 0 Å². The molecule has 0 aliphatic heterocycles. The minimum atomic E-state index is 0. The molecule has 0 aromatic rings. The molecule has 26 valence electrons. The Bertz CT molecular complexity index is 16.0. The first-order valence-corrected chi connectivity index (χ1v) is 136. The summed E-state index contributed by atoms with van der Waals surface area (Å²) in [5, 5.41) is 0. The molecular formula is H2K22S+4. The van der Waals surface area contributed by atoms with Crippen molar-refractivity contribution in [2.45, 2.75) is 0 Å². The Morgan fingerprint density at radius 1 is 0.304 bits per heavy atom. The van der Waals surface area contributed by atoms with Gasteiger partial charge in [-0.15, -0.1) is 0 Å². The van der Waals surface area contributed by atoms with Crippen molar-refractivity contribution in [1.82, 2.24) is 0 Å². The van der Waals surface area contributed by atoms with Gasteiger partial charge in [0.05, 0.1) is 0 Å². The van der Waals surface area contributed by atoms with Crippen LogP contribution < -0.4 is 308 Å². The van der Waals surface area contributed by atoms with E-state index < -0.39 is 0 Å². The molecule has 0 spiro atoms. The Morgan fingerprint density at radius 3 is 0.304 bits per heavy atom. The molecule has 0 saturated heterocycles. The van der Waals surface area contributed by atoms with Gasteiger partial charge in [-0.2, -0.15) is 1.12 Å². The van der Waals surface area contributed by atoms with Crippen LogP contribution in [0.4, 0.5) is 0 Å². The first kappa shape index (κ1) is 98.3. The number of thiol groups is 1. The summed E-state index contributed by atoms with van der Waals surface area (Å²) in [6.07, 6.45) is 0. The monoisotopic (exact) mass is 894 g/mol.